The Kier molecular flexibility index (Phi) is 4.65. The molecule has 0 saturated carbocycles. The Morgan fingerprint density at radius 1 is 1.43 bits per heavy atom. The average molecular weight is 321 g/mol. The van der Waals surface area contributed by atoms with E-state index >= 15 is 0 Å². The molecule has 0 fully saturated rings. The van der Waals surface area contributed by atoms with Gasteiger partial charge in [-0.25, -0.2) is 10.8 Å². The van der Waals surface area contributed by atoms with Crippen molar-refractivity contribution in [2.45, 2.75) is 0 Å². The molecule has 1 heterocycles. The number of nitriles is 1. The maximum Gasteiger partial charge on any atom is 0.190 e. The fourth-order valence-corrected chi connectivity index (χ4v) is 2.55. The Morgan fingerprint density at radius 2 is 2.10 bits per heavy atom. The molecule has 108 valence electrons. The molecule has 2 rings (SSSR count). The molecular formula is C13H13ClN6S. The fourth-order valence-electron chi connectivity index (χ4n) is 1.62. The third-order valence-electron chi connectivity index (χ3n) is 2.79. The Morgan fingerprint density at radius 3 is 2.67 bits per heavy atom. The zero-order chi connectivity index (χ0) is 15.4. The number of nitrogens with two attached hydrogens (primary N) is 2. The molecule has 1 aromatic carbocycles. The van der Waals surface area contributed by atoms with Crippen LogP contribution in [0.15, 0.2) is 35.3 Å². The number of halogens is 1. The summed E-state index contributed by atoms with van der Waals surface area (Å²) in [5.41, 5.74) is 9.86. The predicted octanol–water partition coefficient (Wildman–Crippen LogP) is 2.18. The van der Waals surface area contributed by atoms with E-state index < -0.39 is 0 Å². The molecule has 0 amide bonds. The number of hydrazine groups is 1. The van der Waals surface area contributed by atoms with Gasteiger partial charge in [0.25, 0.3) is 0 Å². The third-order valence-corrected chi connectivity index (χ3v) is 3.96. The minimum absolute atomic E-state index is 0.0843. The number of benzene rings is 1. The van der Waals surface area contributed by atoms with Crippen LogP contribution in [0.2, 0.25) is 5.02 Å². The van der Waals surface area contributed by atoms with Gasteiger partial charge in [0.1, 0.15) is 11.8 Å². The molecule has 1 aromatic heterocycles. The summed E-state index contributed by atoms with van der Waals surface area (Å²) in [7, 11) is 1.89. The molecule has 8 heteroatoms. The Bertz CT molecular complexity index is 700. The smallest absolute Gasteiger partial charge is 0.190 e. The number of rotatable bonds is 4. The van der Waals surface area contributed by atoms with E-state index in [0.29, 0.717) is 10.7 Å². The highest BCUT2D eigenvalue weighted by Crippen LogP contribution is 2.29. The molecule has 0 unspecified atom stereocenters. The van der Waals surface area contributed by atoms with E-state index in [1.165, 1.54) is 11.3 Å². The molecule has 0 radical (unpaired) electrons. The average Bonchev–Trinajstić information content (AvgIpc) is 2.98. The van der Waals surface area contributed by atoms with E-state index in [2.05, 4.69) is 10.4 Å². The molecule has 0 aliphatic heterocycles. The first-order valence-corrected chi connectivity index (χ1v) is 7.14. The number of allylic oxidation sites excluding steroid dienone is 1. The second-order valence-electron chi connectivity index (χ2n) is 4.10. The van der Waals surface area contributed by atoms with E-state index in [0.717, 1.165) is 10.8 Å². The summed E-state index contributed by atoms with van der Waals surface area (Å²) >= 11 is 7.28. The summed E-state index contributed by atoms with van der Waals surface area (Å²) in [4.78, 5) is 6.31. The summed E-state index contributed by atoms with van der Waals surface area (Å²) in [5, 5.41) is 12.1. The van der Waals surface area contributed by atoms with Crippen molar-refractivity contribution in [1.82, 2.24) is 10.4 Å². The number of aromatic nitrogens is 1. The molecule has 2 aromatic rings. The Labute approximate surface area is 131 Å². The van der Waals surface area contributed by atoms with E-state index in [1.807, 2.05) is 42.3 Å². The Hall–Kier alpha value is -2.27. The van der Waals surface area contributed by atoms with Crippen LogP contribution in [0.5, 0.6) is 0 Å². The van der Waals surface area contributed by atoms with Gasteiger partial charge in [-0.15, -0.1) is 11.3 Å². The number of nitrogens with one attached hydrogen (secondary N) is 1. The maximum absolute atomic E-state index is 8.90. The zero-order valence-electron chi connectivity index (χ0n) is 11.2. The first-order chi connectivity index (χ1) is 10.1. The quantitative estimate of drug-likeness (QED) is 0.453. The molecule has 5 N–H and O–H groups in total. The van der Waals surface area contributed by atoms with E-state index in [1.54, 1.807) is 5.38 Å². The molecule has 0 aliphatic rings. The van der Waals surface area contributed by atoms with Gasteiger partial charge in [-0.2, -0.15) is 5.26 Å². The molecule has 21 heavy (non-hydrogen) atoms. The lowest BCUT2D eigenvalue weighted by atomic mass is 10.3. The molecule has 6 nitrogen and oxygen atoms in total. The van der Waals surface area contributed by atoms with Crippen molar-refractivity contribution >= 4 is 39.5 Å². The van der Waals surface area contributed by atoms with Gasteiger partial charge in [-0.3, -0.25) is 0 Å². The summed E-state index contributed by atoms with van der Waals surface area (Å²) in [6.07, 6.45) is 0. The lowest BCUT2D eigenvalue weighted by Gasteiger charge is -2.15. The van der Waals surface area contributed by atoms with Crippen LogP contribution in [0.1, 0.15) is 5.69 Å². The molecule has 0 atom stereocenters. The van der Waals surface area contributed by atoms with Crippen LogP contribution < -0.4 is 21.9 Å². The molecular weight excluding hydrogens is 308 g/mol. The number of hydrogen-bond acceptors (Lipinski definition) is 7. The molecule has 0 bridgehead atoms. The fraction of sp³-hybridized carbons (Fsp3) is 0.0769. The first-order valence-electron chi connectivity index (χ1n) is 5.88. The van der Waals surface area contributed by atoms with Gasteiger partial charge in [0.05, 0.1) is 5.70 Å². The van der Waals surface area contributed by atoms with Crippen LogP contribution in [0.25, 0.3) is 5.70 Å². The van der Waals surface area contributed by atoms with Gasteiger partial charge in [0.2, 0.25) is 0 Å². The second kappa shape index (κ2) is 6.45. The van der Waals surface area contributed by atoms with Crippen molar-refractivity contribution < 1.29 is 0 Å². The topological polar surface area (TPSA) is 104 Å². The minimum atomic E-state index is 0.0843. The molecule has 0 spiro atoms. The van der Waals surface area contributed by atoms with Crippen LogP contribution in [-0.2, 0) is 0 Å². The van der Waals surface area contributed by atoms with E-state index in [4.69, 9.17) is 28.4 Å². The van der Waals surface area contributed by atoms with Crippen molar-refractivity contribution in [1.29, 1.82) is 5.26 Å². The van der Waals surface area contributed by atoms with E-state index in [9.17, 15) is 0 Å². The van der Waals surface area contributed by atoms with Gasteiger partial charge in [0.15, 0.2) is 10.8 Å². The standard InChI is InChI=1S/C13H13ClN6S/c1-20(9-4-2-8(14)3-5-9)13-18-11(7-21-13)12(16)10(6-15)19-17/h2-5,7,19H,16-17H2,1H3/b12-10-. The SMILES string of the molecule is CN(c1ccc(Cl)cc1)c1nc(/C(N)=C(\C#N)NN)cs1. The highest BCUT2D eigenvalue weighted by Gasteiger charge is 2.12. The van der Waals surface area contributed by atoms with Crippen molar-refractivity contribution in [2.75, 3.05) is 11.9 Å². The van der Waals surface area contributed by atoms with Crippen LogP contribution >= 0.6 is 22.9 Å². The zero-order valence-corrected chi connectivity index (χ0v) is 12.7. The molecule has 0 saturated heterocycles. The van der Waals surface area contributed by atoms with Crippen LogP contribution in [-0.4, -0.2) is 12.0 Å². The summed E-state index contributed by atoms with van der Waals surface area (Å²) < 4.78 is 0. The molecule has 0 aliphatic carbocycles. The lowest BCUT2D eigenvalue weighted by Crippen LogP contribution is -2.23. The highest BCUT2D eigenvalue weighted by molar-refractivity contribution is 7.13. The first kappa shape index (κ1) is 15.1. The maximum atomic E-state index is 8.90. The number of hydrogen-bond donors (Lipinski definition) is 3. The summed E-state index contributed by atoms with van der Waals surface area (Å²) in [5.74, 6) is 5.24. The van der Waals surface area contributed by atoms with E-state index in [-0.39, 0.29) is 11.4 Å². The largest absolute Gasteiger partial charge is 0.395 e. The van der Waals surface area contributed by atoms with Crippen molar-refractivity contribution in [3.63, 3.8) is 0 Å². The van der Waals surface area contributed by atoms with Crippen molar-refractivity contribution in [3.05, 3.63) is 46.1 Å². The lowest BCUT2D eigenvalue weighted by molar-refractivity contribution is 0.919. The van der Waals surface area contributed by atoms with Crippen molar-refractivity contribution in [2.24, 2.45) is 11.6 Å². The summed E-state index contributed by atoms with van der Waals surface area (Å²) in [6.45, 7) is 0. The highest BCUT2D eigenvalue weighted by atomic mass is 35.5. The predicted molar refractivity (Wildman–Crippen MR) is 85.7 cm³/mol. The monoisotopic (exact) mass is 320 g/mol. The van der Waals surface area contributed by atoms with Crippen molar-refractivity contribution in [3.8, 4) is 6.07 Å². The number of nitrogens with zero attached hydrogens (tertiary/aromatic N) is 3. The minimum Gasteiger partial charge on any atom is -0.395 e. The van der Waals surface area contributed by atoms with Crippen LogP contribution in [0.3, 0.4) is 0 Å². The van der Waals surface area contributed by atoms with Gasteiger partial charge >= 0.3 is 0 Å². The van der Waals surface area contributed by atoms with Gasteiger partial charge < -0.3 is 16.1 Å². The third kappa shape index (κ3) is 3.25. The summed E-state index contributed by atoms with van der Waals surface area (Å²) in [6, 6.07) is 9.28. The van der Waals surface area contributed by atoms with Gasteiger partial charge in [-0.05, 0) is 24.3 Å². The number of anilines is 2. The van der Waals surface area contributed by atoms with Crippen LogP contribution in [0, 0.1) is 11.3 Å². The van der Waals surface area contributed by atoms with Crippen LogP contribution in [0.4, 0.5) is 10.8 Å². The van der Waals surface area contributed by atoms with Gasteiger partial charge in [-0.1, -0.05) is 11.6 Å². The number of thiazole rings is 1. The van der Waals surface area contributed by atoms with Gasteiger partial charge in [0, 0.05) is 23.1 Å². The Balaban J connectivity index is 2.30. The second-order valence-corrected chi connectivity index (χ2v) is 5.37. The normalized spacial score (nSPS) is 11.5.